The first-order chi connectivity index (χ1) is 8.64. The molecule has 4 nitrogen and oxygen atoms in total. The molecule has 0 bridgehead atoms. The number of nitrogens with zero attached hydrogens (tertiary/aromatic N) is 2. The smallest absolute Gasteiger partial charge is 0.192 e. The fourth-order valence-corrected chi connectivity index (χ4v) is 2.62. The van der Waals surface area contributed by atoms with Crippen LogP contribution in [-0.4, -0.2) is 4.98 Å². The van der Waals surface area contributed by atoms with Crippen molar-refractivity contribution in [3.63, 3.8) is 0 Å². The molecule has 0 aliphatic heterocycles. The van der Waals surface area contributed by atoms with Gasteiger partial charge in [-0.2, -0.15) is 5.26 Å². The minimum atomic E-state index is -0.382. The predicted octanol–water partition coefficient (Wildman–Crippen LogP) is 2.83. The van der Waals surface area contributed by atoms with E-state index in [1.807, 2.05) is 25.1 Å². The van der Waals surface area contributed by atoms with Gasteiger partial charge in [0.2, 0.25) is 0 Å². The fraction of sp³-hybridized carbons (Fsp3) is 0.429. The van der Waals surface area contributed by atoms with Crippen LogP contribution in [0.25, 0.3) is 11.1 Å². The normalized spacial score (nSPS) is 19.2. The lowest BCUT2D eigenvalue weighted by Gasteiger charge is -2.40. The number of oxazole rings is 1. The average Bonchev–Trinajstić information content (AvgIpc) is 2.67. The lowest BCUT2D eigenvalue weighted by molar-refractivity contribution is 0.169. The highest BCUT2D eigenvalue weighted by atomic mass is 16.3. The van der Waals surface area contributed by atoms with Gasteiger partial charge in [0.15, 0.2) is 11.5 Å². The Morgan fingerprint density at radius 1 is 1.50 bits per heavy atom. The molecule has 1 saturated carbocycles. The van der Waals surface area contributed by atoms with Crippen LogP contribution >= 0.6 is 0 Å². The standard InChI is InChI=1S/C14H15N3O/c1-9-17-11-7-10(3-4-12(11)18-9)13(16)14(8-15)5-2-6-14/h3-4,7,13H,2,5-6,16H2,1H3. The number of hydrogen-bond donors (Lipinski definition) is 1. The van der Waals surface area contributed by atoms with Crippen LogP contribution in [0.15, 0.2) is 22.6 Å². The summed E-state index contributed by atoms with van der Waals surface area (Å²) in [5.41, 5.74) is 8.43. The van der Waals surface area contributed by atoms with Gasteiger partial charge >= 0.3 is 0 Å². The molecular formula is C14H15N3O. The number of benzene rings is 1. The quantitative estimate of drug-likeness (QED) is 0.877. The van der Waals surface area contributed by atoms with E-state index in [2.05, 4.69) is 11.1 Å². The molecule has 1 aliphatic carbocycles. The van der Waals surface area contributed by atoms with Gasteiger partial charge < -0.3 is 10.2 Å². The third kappa shape index (κ3) is 1.52. The van der Waals surface area contributed by atoms with Gasteiger partial charge in [0.1, 0.15) is 5.52 Å². The predicted molar refractivity (Wildman–Crippen MR) is 67.6 cm³/mol. The van der Waals surface area contributed by atoms with Gasteiger partial charge in [0, 0.05) is 13.0 Å². The Morgan fingerprint density at radius 2 is 2.28 bits per heavy atom. The van der Waals surface area contributed by atoms with E-state index in [0.717, 1.165) is 35.9 Å². The molecule has 0 saturated heterocycles. The van der Waals surface area contributed by atoms with E-state index in [-0.39, 0.29) is 11.5 Å². The second kappa shape index (κ2) is 3.82. The largest absolute Gasteiger partial charge is 0.441 e. The van der Waals surface area contributed by atoms with Crippen molar-refractivity contribution in [3.8, 4) is 6.07 Å². The van der Waals surface area contributed by atoms with Crippen LogP contribution in [0.5, 0.6) is 0 Å². The highest BCUT2D eigenvalue weighted by Gasteiger charge is 2.43. The summed E-state index contributed by atoms with van der Waals surface area (Å²) in [6.45, 7) is 1.82. The molecule has 1 aromatic carbocycles. The SMILES string of the molecule is Cc1nc2cc(C(N)C3(C#N)CCC3)ccc2o1. The van der Waals surface area contributed by atoms with Crippen LogP contribution in [0.3, 0.4) is 0 Å². The van der Waals surface area contributed by atoms with E-state index in [4.69, 9.17) is 10.2 Å². The summed E-state index contributed by atoms with van der Waals surface area (Å²) in [4.78, 5) is 4.30. The third-order valence-corrected chi connectivity index (χ3v) is 3.94. The van der Waals surface area contributed by atoms with Gasteiger partial charge in [0.25, 0.3) is 0 Å². The van der Waals surface area contributed by atoms with Crippen molar-refractivity contribution >= 4 is 11.1 Å². The number of fused-ring (bicyclic) bond motifs is 1. The summed E-state index contributed by atoms with van der Waals surface area (Å²) in [7, 11) is 0. The number of nitrogens with two attached hydrogens (primary N) is 1. The van der Waals surface area contributed by atoms with Crippen molar-refractivity contribution in [2.45, 2.75) is 32.2 Å². The van der Waals surface area contributed by atoms with Crippen LogP contribution in [0.4, 0.5) is 0 Å². The van der Waals surface area contributed by atoms with Gasteiger partial charge in [-0.05, 0) is 30.5 Å². The highest BCUT2D eigenvalue weighted by Crippen LogP contribution is 2.48. The highest BCUT2D eigenvalue weighted by molar-refractivity contribution is 5.73. The maximum atomic E-state index is 9.32. The first-order valence-corrected chi connectivity index (χ1v) is 6.18. The molecule has 2 aromatic rings. The second-order valence-corrected chi connectivity index (χ2v) is 5.06. The first-order valence-electron chi connectivity index (χ1n) is 6.18. The van der Waals surface area contributed by atoms with Crippen molar-refractivity contribution in [3.05, 3.63) is 29.7 Å². The van der Waals surface area contributed by atoms with Crippen LogP contribution in [0.2, 0.25) is 0 Å². The van der Waals surface area contributed by atoms with Gasteiger partial charge in [-0.1, -0.05) is 12.5 Å². The Morgan fingerprint density at radius 3 is 2.89 bits per heavy atom. The third-order valence-electron chi connectivity index (χ3n) is 3.94. The van der Waals surface area contributed by atoms with Gasteiger partial charge in [-0.15, -0.1) is 0 Å². The zero-order valence-electron chi connectivity index (χ0n) is 10.3. The summed E-state index contributed by atoms with van der Waals surface area (Å²) in [6.07, 6.45) is 2.87. The molecule has 0 spiro atoms. The molecule has 2 N–H and O–H groups in total. The Kier molecular flexibility index (Phi) is 2.39. The minimum Gasteiger partial charge on any atom is -0.441 e. The molecule has 1 atom stereocenters. The topological polar surface area (TPSA) is 75.8 Å². The van der Waals surface area contributed by atoms with Crippen molar-refractivity contribution in [1.82, 2.24) is 4.98 Å². The number of aryl methyl sites for hydroxylation is 1. The van der Waals surface area contributed by atoms with Gasteiger partial charge in [0.05, 0.1) is 11.5 Å². The number of rotatable bonds is 2. The Balaban J connectivity index is 2.01. The number of nitriles is 1. The molecule has 4 heteroatoms. The van der Waals surface area contributed by atoms with Crippen LogP contribution < -0.4 is 5.73 Å². The molecule has 1 unspecified atom stereocenters. The molecule has 1 fully saturated rings. The molecule has 3 rings (SSSR count). The monoisotopic (exact) mass is 241 g/mol. The summed E-state index contributed by atoms with van der Waals surface area (Å²) < 4.78 is 5.44. The Bertz CT molecular complexity index is 634. The molecule has 1 heterocycles. The van der Waals surface area contributed by atoms with Gasteiger partial charge in [-0.3, -0.25) is 0 Å². The number of hydrogen-bond acceptors (Lipinski definition) is 4. The van der Waals surface area contributed by atoms with E-state index in [1.165, 1.54) is 0 Å². The first kappa shape index (κ1) is 11.2. The van der Waals surface area contributed by atoms with E-state index in [0.29, 0.717) is 5.89 Å². The van der Waals surface area contributed by atoms with E-state index in [9.17, 15) is 5.26 Å². The second-order valence-electron chi connectivity index (χ2n) is 5.06. The summed E-state index contributed by atoms with van der Waals surface area (Å²) in [5.74, 6) is 0.648. The molecular weight excluding hydrogens is 226 g/mol. The van der Waals surface area contributed by atoms with Crippen molar-refractivity contribution in [2.75, 3.05) is 0 Å². The lowest BCUT2D eigenvalue weighted by Crippen LogP contribution is -2.39. The van der Waals surface area contributed by atoms with E-state index >= 15 is 0 Å². The molecule has 92 valence electrons. The van der Waals surface area contributed by atoms with Crippen LogP contribution in [0, 0.1) is 23.7 Å². The van der Waals surface area contributed by atoms with E-state index in [1.54, 1.807) is 0 Å². The zero-order valence-corrected chi connectivity index (χ0v) is 10.3. The molecule has 0 radical (unpaired) electrons. The Labute approximate surface area is 105 Å². The maximum absolute atomic E-state index is 9.32. The lowest BCUT2D eigenvalue weighted by atomic mass is 9.64. The minimum absolute atomic E-state index is 0.238. The summed E-state index contributed by atoms with van der Waals surface area (Å²) in [6, 6.07) is 7.92. The number of aromatic nitrogens is 1. The maximum Gasteiger partial charge on any atom is 0.192 e. The average molecular weight is 241 g/mol. The van der Waals surface area contributed by atoms with Crippen molar-refractivity contribution in [1.29, 1.82) is 5.26 Å². The Hall–Kier alpha value is -1.86. The summed E-state index contributed by atoms with van der Waals surface area (Å²) >= 11 is 0. The van der Waals surface area contributed by atoms with Crippen LogP contribution in [-0.2, 0) is 0 Å². The zero-order chi connectivity index (χ0) is 12.8. The fourth-order valence-electron chi connectivity index (χ4n) is 2.62. The molecule has 1 aliphatic rings. The van der Waals surface area contributed by atoms with Crippen LogP contribution in [0.1, 0.15) is 36.8 Å². The van der Waals surface area contributed by atoms with E-state index < -0.39 is 0 Å². The van der Waals surface area contributed by atoms with Gasteiger partial charge in [-0.25, -0.2) is 4.98 Å². The molecule has 18 heavy (non-hydrogen) atoms. The molecule has 0 amide bonds. The summed E-state index contributed by atoms with van der Waals surface area (Å²) in [5, 5.41) is 9.32. The van der Waals surface area contributed by atoms with Crippen molar-refractivity contribution < 1.29 is 4.42 Å². The molecule has 1 aromatic heterocycles. The van der Waals surface area contributed by atoms with Crippen molar-refractivity contribution in [2.24, 2.45) is 11.1 Å².